The van der Waals surface area contributed by atoms with E-state index in [-0.39, 0.29) is 17.6 Å². The van der Waals surface area contributed by atoms with Crippen LogP contribution in [0.4, 0.5) is 0 Å². The Bertz CT molecular complexity index is 410. The number of hydrogen-bond acceptors (Lipinski definition) is 4. The zero-order valence-electron chi connectivity index (χ0n) is 11.3. The summed E-state index contributed by atoms with van der Waals surface area (Å²) in [6, 6.07) is 7.43. The summed E-state index contributed by atoms with van der Waals surface area (Å²) in [5, 5.41) is 12.8. The van der Waals surface area contributed by atoms with Gasteiger partial charge in [-0.2, -0.15) is 0 Å². The van der Waals surface area contributed by atoms with E-state index in [0.717, 1.165) is 24.9 Å². The topological polar surface area (TPSA) is 58.6 Å². The van der Waals surface area contributed by atoms with E-state index in [1.165, 1.54) is 0 Å². The predicted octanol–water partition coefficient (Wildman–Crippen LogP) is 2.18. The van der Waals surface area contributed by atoms with E-state index in [1.807, 2.05) is 19.1 Å². The van der Waals surface area contributed by atoms with E-state index >= 15 is 0 Å². The third kappa shape index (κ3) is 3.70. The molecule has 2 N–H and O–H groups in total. The number of benzene rings is 1. The van der Waals surface area contributed by atoms with Crippen molar-refractivity contribution in [1.29, 1.82) is 0 Å². The Kier molecular flexibility index (Phi) is 4.80. The standard InChI is InChI=1S/C15H21NO3/c1-2-19-15(18)10-13(14-4-3-9-16-14)11-5-7-12(17)8-6-11/h5-8,13-14,16-17H,2-4,9-10H2,1H3/t13?,14-/m0/s1. The first-order valence-electron chi connectivity index (χ1n) is 6.88. The van der Waals surface area contributed by atoms with Crippen molar-refractivity contribution in [3.63, 3.8) is 0 Å². The summed E-state index contributed by atoms with van der Waals surface area (Å²) in [6.45, 7) is 3.24. The van der Waals surface area contributed by atoms with Crippen LogP contribution in [0.25, 0.3) is 0 Å². The Morgan fingerprint density at radius 1 is 1.47 bits per heavy atom. The van der Waals surface area contributed by atoms with Gasteiger partial charge < -0.3 is 15.2 Å². The molecule has 1 unspecified atom stereocenters. The molecule has 1 aliphatic heterocycles. The van der Waals surface area contributed by atoms with Gasteiger partial charge in [-0.3, -0.25) is 4.79 Å². The van der Waals surface area contributed by atoms with Crippen molar-refractivity contribution in [1.82, 2.24) is 5.32 Å². The lowest BCUT2D eigenvalue weighted by atomic mass is 9.87. The van der Waals surface area contributed by atoms with Crippen LogP contribution in [-0.2, 0) is 9.53 Å². The minimum Gasteiger partial charge on any atom is -0.508 e. The van der Waals surface area contributed by atoms with Crippen molar-refractivity contribution in [3.05, 3.63) is 29.8 Å². The van der Waals surface area contributed by atoms with Gasteiger partial charge in [-0.1, -0.05) is 12.1 Å². The van der Waals surface area contributed by atoms with Crippen LogP contribution >= 0.6 is 0 Å². The molecule has 1 fully saturated rings. The molecule has 1 aliphatic rings. The number of nitrogens with one attached hydrogen (secondary N) is 1. The second-order valence-electron chi connectivity index (χ2n) is 4.91. The quantitative estimate of drug-likeness (QED) is 0.799. The lowest BCUT2D eigenvalue weighted by Gasteiger charge is -2.23. The Balaban J connectivity index is 2.13. The molecular weight excluding hydrogens is 242 g/mol. The molecule has 1 aromatic rings. The van der Waals surface area contributed by atoms with E-state index in [4.69, 9.17) is 4.74 Å². The van der Waals surface area contributed by atoms with Gasteiger partial charge in [-0.05, 0) is 44.0 Å². The Morgan fingerprint density at radius 2 is 2.21 bits per heavy atom. The summed E-state index contributed by atoms with van der Waals surface area (Å²) >= 11 is 0. The second-order valence-corrected chi connectivity index (χ2v) is 4.91. The molecule has 0 spiro atoms. The van der Waals surface area contributed by atoms with Gasteiger partial charge in [-0.25, -0.2) is 0 Å². The maximum absolute atomic E-state index is 11.8. The maximum Gasteiger partial charge on any atom is 0.306 e. The van der Waals surface area contributed by atoms with Crippen LogP contribution in [0, 0.1) is 0 Å². The highest BCUT2D eigenvalue weighted by atomic mass is 16.5. The van der Waals surface area contributed by atoms with Gasteiger partial charge in [0.1, 0.15) is 5.75 Å². The number of carbonyl (C=O) groups is 1. The number of phenolic OH excluding ortho intramolecular Hbond substituents is 1. The van der Waals surface area contributed by atoms with Crippen LogP contribution < -0.4 is 5.32 Å². The van der Waals surface area contributed by atoms with Gasteiger partial charge >= 0.3 is 5.97 Å². The molecule has 0 amide bonds. The van der Waals surface area contributed by atoms with Crippen LogP contribution in [0.1, 0.15) is 37.7 Å². The van der Waals surface area contributed by atoms with Crippen LogP contribution in [0.15, 0.2) is 24.3 Å². The maximum atomic E-state index is 11.8. The smallest absolute Gasteiger partial charge is 0.306 e. The molecule has 1 aromatic carbocycles. The molecule has 0 aliphatic carbocycles. The van der Waals surface area contributed by atoms with Crippen molar-refractivity contribution < 1.29 is 14.6 Å². The van der Waals surface area contributed by atoms with Crippen LogP contribution in [0.3, 0.4) is 0 Å². The second kappa shape index (κ2) is 6.57. The van der Waals surface area contributed by atoms with Gasteiger partial charge in [0.2, 0.25) is 0 Å². The monoisotopic (exact) mass is 263 g/mol. The SMILES string of the molecule is CCOC(=O)CC(c1ccc(O)cc1)[C@@H]1CCCN1. The van der Waals surface area contributed by atoms with Crippen molar-refractivity contribution in [3.8, 4) is 5.75 Å². The summed E-state index contributed by atoms with van der Waals surface area (Å²) in [5.41, 5.74) is 1.07. The third-order valence-corrected chi connectivity index (χ3v) is 3.60. The minimum absolute atomic E-state index is 0.113. The highest BCUT2D eigenvalue weighted by molar-refractivity contribution is 5.70. The summed E-state index contributed by atoms with van der Waals surface area (Å²) in [4.78, 5) is 11.8. The zero-order valence-corrected chi connectivity index (χ0v) is 11.3. The largest absolute Gasteiger partial charge is 0.508 e. The summed E-state index contributed by atoms with van der Waals surface area (Å²) in [7, 11) is 0. The Labute approximate surface area is 113 Å². The number of ether oxygens (including phenoxy) is 1. The fourth-order valence-electron chi connectivity index (χ4n) is 2.67. The number of esters is 1. The van der Waals surface area contributed by atoms with Crippen LogP contribution in [0.2, 0.25) is 0 Å². The third-order valence-electron chi connectivity index (χ3n) is 3.60. The number of carbonyl (C=O) groups excluding carboxylic acids is 1. The molecule has 2 rings (SSSR count). The van der Waals surface area contributed by atoms with Crippen LogP contribution in [0.5, 0.6) is 5.75 Å². The lowest BCUT2D eigenvalue weighted by Crippen LogP contribution is -2.30. The van der Waals surface area contributed by atoms with Crippen molar-refractivity contribution in [2.24, 2.45) is 0 Å². The molecule has 0 bridgehead atoms. The Morgan fingerprint density at radius 3 is 2.79 bits per heavy atom. The molecule has 0 radical (unpaired) electrons. The van der Waals surface area contributed by atoms with E-state index in [2.05, 4.69) is 5.32 Å². The van der Waals surface area contributed by atoms with Gasteiger partial charge in [-0.15, -0.1) is 0 Å². The fourth-order valence-corrected chi connectivity index (χ4v) is 2.67. The van der Waals surface area contributed by atoms with E-state index in [0.29, 0.717) is 19.1 Å². The average molecular weight is 263 g/mol. The van der Waals surface area contributed by atoms with Crippen molar-refractivity contribution >= 4 is 5.97 Å². The molecule has 19 heavy (non-hydrogen) atoms. The van der Waals surface area contributed by atoms with Gasteiger partial charge in [0.15, 0.2) is 0 Å². The summed E-state index contributed by atoms with van der Waals surface area (Å²) < 4.78 is 5.06. The van der Waals surface area contributed by atoms with Gasteiger partial charge in [0.05, 0.1) is 13.0 Å². The van der Waals surface area contributed by atoms with E-state index in [9.17, 15) is 9.90 Å². The first-order valence-corrected chi connectivity index (χ1v) is 6.88. The van der Waals surface area contributed by atoms with E-state index < -0.39 is 0 Å². The molecule has 1 heterocycles. The molecule has 0 aromatic heterocycles. The number of hydrogen-bond donors (Lipinski definition) is 2. The first kappa shape index (κ1) is 13.9. The predicted molar refractivity (Wildman–Crippen MR) is 73.1 cm³/mol. The molecule has 0 saturated carbocycles. The van der Waals surface area contributed by atoms with E-state index in [1.54, 1.807) is 12.1 Å². The van der Waals surface area contributed by atoms with Gasteiger partial charge in [0.25, 0.3) is 0 Å². The first-order chi connectivity index (χ1) is 9.20. The number of rotatable bonds is 5. The molecule has 104 valence electrons. The number of phenols is 1. The average Bonchev–Trinajstić information content (AvgIpc) is 2.91. The molecular formula is C15H21NO3. The molecule has 1 saturated heterocycles. The fraction of sp³-hybridized carbons (Fsp3) is 0.533. The molecule has 2 atom stereocenters. The molecule has 4 heteroatoms. The molecule has 4 nitrogen and oxygen atoms in total. The normalized spacial score (nSPS) is 20.2. The van der Waals surface area contributed by atoms with Crippen molar-refractivity contribution in [2.45, 2.75) is 38.1 Å². The van der Waals surface area contributed by atoms with Crippen LogP contribution in [-0.4, -0.2) is 30.3 Å². The van der Waals surface area contributed by atoms with Gasteiger partial charge in [0, 0.05) is 12.0 Å². The van der Waals surface area contributed by atoms with Crippen molar-refractivity contribution in [2.75, 3.05) is 13.2 Å². The lowest BCUT2D eigenvalue weighted by molar-refractivity contribution is -0.143. The zero-order chi connectivity index (χ0) is 13.7. The summed E-state index contributed by atoms with van der Waals surface area (Å²) in [6.07, 6.45) is 2.60. The highest BCUT2D eigenvalue weighted by Gasteiger charge is 2.28. The summed E-state index contributed by atoms with van der Waals surface area (Å²) in [5.74, 6) is 0.203. The Hall–Kier alpha value is -1.55. The number of aromatic hydroxyl groups is 1. The minimum atomic E-state index is -0.158. The highest BCUT2D eigenvalue weighted by Crippen LogP contribution is 2.30.